The number of rotatable bonds is 14. The highest BCUT2D eigenvalue weighted by Gasteiger charge is 2.49. The number of ether oxygens (including phenoxy) is 2. The Morgan fingerprint density at radius 3 is 1.41 bits per heavy atom. The number of hydrogen-bond donors (Lipinski definition) is 0. The smallest absolute Gasteiger partial charge is 0.396 e. The number of fused-ring (bicyclic) bond motifs is 2. The predicted molar refractivity (Wildman–Crippen MR) is 126 cm³/mol. The molecular weight excluding hydrogens is 464 g/mol. The van der Waals surface area contributed by atoms with Gasteiger partial charge in [0.1, 0.15) is 0 Å². The topological polar surface area (TPSA) is 80.4 Å². The minimum atomic E-state index is -2.79. The molecule has 6 atom stereocenters. The maximum absolute atomic E-state index is 6.47. The van der Waals surface area contributed by atoms with E-state index in [0.29, 0.717) is 36.3 Å². The average Bonchev–Trinajstić information content (AvgIpc) is 3.73. The van der Waals surface area contributed by atoms with E-state index in [2.05, 4.69) is 0 Å². The van der Waals surface area contributed by atoms with Crippen molar-refractivity contribution in [1.82, 2.24) is 0 Å². The SMILES string of the molecule is CO[Si](CCC1CCC2OC2C1)(OC)O[SiH](C)O[Si](CCC1CCC2OC2C1)(OC)OC. The monoisotopic (exact) mass is 506 g/mol. The lowest BCUT2D eigenvalue weighted by Crippen LogP contribution is -2.54. The van der Waals surface area contributed by atoms with Crippen LogP contribution in [0.3, 0.4) is 0 Å². The maximum atomic E-state index is 6.47. The summed E-state index contributed by atoms with van der Waals surface area (Å²) in [6, 6.07) is 1.61. The minimum Gasteiger partial charge on any atom is -0.396 e. The third kappa shape index (κ3) is 6.31. The van der Waals surface area contributed by atoms with Gasteiger partial charge in [0, 0.05) is 40.5 Å². The first-order chi connectivity index (χ1) is 15.4. The molecule has 2 saturated carbocycles. The first kappa shape index (κ1) is 25.4. The van der Waals surface area contributed by atoms with Crippen molar-refractivity contribution >= 4 is 26.9 Å². The molecule has 6 unspecified atom stereocenters. The standard InChI is InChI=1S/C21H42O8Si3/c1-22-31(23-2,12-10-16-6-8-18-20(14-16)26-18)28-30(5)29-32(24-3,25-4)13-11-17-7-9-19-21(15-17)27-19/h16-21,30H,6-15H2,1-5H3. The molecule has 32 heavy (non-hydrogen) atoms. The van der Waals surface area contributed by atoms with Crippen molar-refractivity contribution in [2.24, 2.45) is 11.8 Å². The molecule has 4 rings (SSSR count). The summed E-state index contributed by atoms with van der Waals surface area (Å²) < 4.78 is 47.8. The van der Waals surface area contributed by atoms with Crippen LogP contribution in [0.4, 0.5) is 0 Å². The van der Waals surface area contributed by atoms with Crippen LogP contribution in [0.2, 0.25) is 18.6 Å². The van der Waals surface area contributed by atoms with E-state index >= 15 is 0 Å². The van der Waals surface area contributed by atoms with Gasteiger partial charge in [-0.25, -0.2) is 0 Å². The summed E-state index contributed by atoms with van der Waals surface area (Å²) in [5.74, 6) is 1.32. The third-order valence-corrected chi connectivity index (χ3v) is 17.7. The zero-order valence-electron chi connectivity index (χ0n) is 20.4. The summed E-state index contributed by atoms with van der Waals surface area (Å²) in [4.78, 5) is 0. The predicted octanol–water partition coefficient (Wildman–Crippen LogP) is 3.25. The lowest BCUT2D eigenvalue weighted by molar-refractivity contribution is 0.121. The second kappa shape index (κ2) is 10.9. The minimum absolute atomic E-state index is 0.490. The first-order valence-electron chi connectivity index (χ1n) is 12.3. The average molecular weight is 507 g/mol. The Labute approximate surface area is 197 Å². The van der Waals surface area contributed by atoms with Gasteiger partial charge in [0.25, 0.3) is 0 Å². The molecule has 2 heterocycles. The van der Waals surface area contributed by atoms with Crippen molar-refractivity contribution in [2.45, 2.75) is 94.4 Å². The fourth-order valence-corrected chi connectivity index (χ4v) is 15.5. The third-order valence-electron chi connectivity index (χ3n) is 7.88. The summed E-state index contributed by atoms with van der Waals surface area (Å²) in [6.07, 6.45) is 11.3. The van der Waals surface area contributed by atoms with Crippen LogP contribution >= 0.6 is 0 Å². The lowest BCUT2D eigenvalue weighted by Gasteiger charge is -2.35. The molecule has 0 radical (unpaired) electrons. The lowest BCUT2D eigenvalue weighted by atomic mass is 9.88. The van der Waals surface area contributed by atoms with Gasteiger partial charge >= 0.3 is 26.9 Å². The van der Waals surface area contributed by atoms with Gasteiger partial charge in [-0.15, -0.1) is 0 Å². The molecule has 4 fully saturated rings. The zero-order chi connectivity index (χ0) is 22.8. The van der Waals surface area contributed by atoms with Crippen LogP contribution in [0.5, 0.6) is 0 Å². The van der Waals surface area contributed by atoms with Crippen molar-refractivity contribution in [3.05, 3.63) is 0 Å². The normalized spacial score (nSPS) is 35.2. The van der Waals surface area contributed by atoms with Gasteiger partial charge in [-0.1, -0.05) is 0 Å². The van der Waals surface area contributed by atoms with E-state index in [-0.39, 0.29) is 0 Å². The van der Waals surface area contributed by atoms with Crippen molar-refractivity contribution in [3.63, 3.8) is 0 Å². The summed E-state index contributed by atoms with van der Waals surface area (Å²) in [5, 5.41) is 0. The van der Waals surface area contributed by atoms with Crippen molar-refractivity contribution in [3.8, 4) is 0 Å². The van der Waals surface area contributed by atoms with E-state index in [1.807, 2.05) is 6.55 Å². The second-order valence-corrected chi connectivity index (χ2v) is 18.2. The van der Waals surface area contributed by atoms with Crippen LogP contribution in [0.25, 0.3) is 0 Å². The van der Waals surface area contributed by atoms with Crippen LogP contribution in [-0.2, 0) is 35.4 Å². The molecule has 0 N–H and O–H groups in total. The fourth-order valence-electron chi connectivity index (χ4n) is 5.67. The summed E-state index contributed by atoms with van der Waals surface area (Å²) >= 11 is 0. The highest BCUT2D eigenvalue weighted by molar-refractivity contribution is 6.74. The van der Waals surface area contributed by atoms with Gasteiger partial charge in [0.2, 0.25) is 0 Å². The van der Waals surface area contributed by atoms with Crippen LogP contribution in [0, 0.1) is 11.8 Å². The highest BCUT2D eigenvalue weighted by Crippen LogP contribution is 2.43. The second-order valence-electron chi connectivity index (χ2n) is 9.85. The molecule has 11 heteroatoms. The van der Waals surface area contributed by atoms with Crippen LogP contribution < -0.4 is 0 Å². The highest BCUT2D eigenvalue weighted by atomic mass is 28.5. The molecule has 0 spiro atoms. The molecule has 0 aromatic carbocycles. The molecular formula is C21H42O8Si3. The van der Waals surface area contributed by atoms with Gasteiger partial charge in [-0.05, 0) is 69.7 Å². The molecule has 4 aliphatic rings. The molecule has 0 aromatic rings. The Bertz CT molecular complexity index is 556. The first-order valence-corrected chi connectivity index (χ1v) is 18.3. The van der Waals surface area contributed by atoms with E-state index in [0.717, 1.165) is 37.8 Å². The molecule has 2 aliphatic carbocycles. The van der Waals surface area contributed by atoms with E-state index in [1.54, 1.807) is 28.4 Å². The summed E-state index contributed by atoms with van der Waals surface area (Å²) in [6.45, 7) is 2.03. The summed E-state index contributed by atoms with van der Waals surface area (Å²) in [5.41, 5.74) is 0. The van der Waals surface area contributed by atoms with Crippen LogP contribution in [0.15, 0.2) is 0 Å². The number of hydrogen-bond acceptors (Lipinski definition) is 8. The molecule has 186 valence electrons. The largest absolute Gasteiger partial charge is 0.491 e. The molecule has 0 aromatic heterocycles. The van der Waals surface area contributed by atoms with E-state index < -0.39 is 26.9 Å². The van der Waals surface area contributed by atoms with Crippen molar-refractivity contribution < 1.29 is 35.4 Å². The Balaban J connectivity index is 1.27. The molecule has 8 nitrogen and oxygen atoms in total. The van der Waals surface area contributed by atoms with E-state index in [9.17, 15) is 0 Å². The van der Waals surface area contributed by atoms with E-state index in [4.69, 9.17) is 35.4 Å². The quantitative estimate of drug-likeness (QED) is 0.262. The van der Waals surface area contributed by atoms with Gasteiger partial charge in [0.05, 0.1) is 24.4 Å². The Hall–Kier alpha value is 0.331. The van der Waals surface area contributed by atoms with Crippen LogP contribution in [-0.4, -0.2) is 79.7 Å². The molecule has 0 amide bonds. The molecule has 2 saturated heterocycles. The van der Waals surface area contributed by atoms with Gasteiger partial charge in [-0.3, -0.25) is 0 Å². The van der Waals surface area contributed by atoms with Crippen LogP contribution in [0.1, 0.15) is 51.4 Å². The Morgan fingerprint density at radius 1 is 0.656 bits per heavy atom. The van der Waals surface area contributed by atoms with Gasteiger partial charge in [0.15, 0.2) is 0 Å². The van der Waals surface area contributed by atoms with Gasteiger partial charge < -0.3 is 35.4 Å². The Kier molecular flexibility index (Phi) is 8.69. The van der Waals surface area contributed by atoms with E-state index in [1.165, 1.54) is 25.7 Å². The molecule has 2 aliphatic heterocycles. The Morgan fingerprint density at radius 2 is 1.06 bits per heavy atom. The fraction of sp³-hybridized carbons (Fsp3) is 1.00. The summed E-state index contributed by atoms with van der Waals surface area (Å²) in [7, 11) is -0.891. The molecule has 0 bridgehead atoms. The van der Waals surface area contributed by atoms with Gasteiger partial charge in [-0.2, -0.15) is 0 Å². The van der Waals surface area contributed by atoms with Crippen molar-refractivity contribution in [2.75, 3.05) is 28.4 Å². The van der Waals surface area contributed by atoms with Crippen molar-refractivity contribution in [1.29, 1.82) is 0 Å². The zero-order valence-corrected chi connectivity index (χ0v) is 23.5. The maximum Gasteiger partial charge on any atom is 0.491 e. The number of epoxide rings is 2.